The maximum Gasteiger partial charge on any atom is 0.0773 e. The van der Waals surface area contributed by atoms with Gasteiger partial charge in [0.05, 0.1) is 108 Å². The quantitative estimate of drug-likeness (QED) is 0.0339. The molecule has 2 aliphatic heterocycles. The van der Waals surface area contributed by atoms with Gasteiger partial charge in [-0.2, -0.15) is 0 Å². The molecule has 9 atom stereocenters. The van der Waals surface area contributed by atoms with Crippen LogP contribution in [0.2, 0.25) is 0 Å². The molecule has 0 saturated carbocycles. The highest BCUT2D eigenvalue weighted by Gasteiger charge is 2.22. The minimum absolute atomic E-state index is 0.104. The standard InChI is InChI=1S/C22H42O6.C22H42O5/c1-4-5-8-21(24)15-26-11-12-27-16-22(25)10-7-6-9-20(23)14-19-13-17(2)28-18(19)3;1-4-5-11-21(23)16-25-13-14-26-17-22(24)12-9-7-6-8-10-20-15-18(2)27-19(20)3/h13,17-18,20-25H,4-12,14-16H2,1-3H3;15,18-19,21-24H,4-14,16-17H2,1-3H3/t17-,18+,20+,21-,22-;18-,19+,21?,22?/m00/s1. The van der Waals surface area contributed by atoms with E-state index in [9.17, 15) is 25.5 Å². The molecule has 0 fully saturated rings. The number of aliphatic hydroxyl groups excluding tert-OH is 5. The number of rotatable bonds is 34. The molecule has 0 aromatic carbocycles. The van der Waals surface area contributed by atoms with Gasteiger partial charge >= 0.3 is 0 Å². The Balaban J connectivity index is 0.000000550. The second-order valence-electron chi connectivity index (χ2n) is 15.7. The van der Waals surface area contributed by atoms with Crippen LogP contribution in [0.3, 0.4) is 0 Å². The summed E-state index contributed by atoms with van der Waals surface area (Å²) in [5.74, 6) is 0. The minimum Gasteiger partial charge on any atom is -0.393 e. The third kappa shape index (κ3) is 29.0. The maximum absolute atomic E-state index is 10.2. The Morgan fingerprint density at radius 3 is 1.20 bits per heavy atom. The monoisotopic (exact) mass is 789 g/mol. The smallest absolute Gasteiger partial charge is 0.0773 e. The molecule has 0 radical (unpaired) electrons. The second-order valence-corrected chi connectivity index (χ2v) is 15.7. The molecule has 11 heteroatoms. The van der Waals surface area contributed by atoms with Gasteiger partial charge in [0, 0.05) is 0 Å². The lowest BCUT2D eigenvalue weighted by Crippen LogP contribution is -2.20. The van der Waals surface area contributed by atoms with E-state index in [1.165, 1.54) is 24.0 Å². The van der Waals surface area contributed by atoms with Crippen molar-refractivity contribution >= 4 is 0 Å². The number of ether oxygens (including phenoxy) is 6. The van der Waals surface area contributed by atoms with E-state index in [0.29, 0.717) is 65.7 Å². The summed E-state index contributed by atoms with van der Waals surface area (Å²) in [7, 11) is 0. The molecule has 2 rings (SSSR count). The molecule has 11 nitrogen and oxygen atoms in total. The van der Waals surface area contributed by atoms with Gasteiger partial charge in [-0.05, 0) is 90.2 Å². The summed E-state index contributed by atoms with van der Waals surface area (Å²) in [6.45, 7) is 15.6. The third-order valence-corrected chi connectivity index (χ3v) is 10.1. The Morgan fingerprint density at radius 2 is 0.818 bits per heavy atom. The van der Waals surface area contributed by atoms with Crippen LogP contribution in [0.25, 0.3) is 0 Å². The molecule has 0 saturated heterocycles. The molecule has 2 aliphatic rings. The van der Waals surface area contributed by atoms with Crippen molar-refractivity contribution in [3.05, 3.63) is 23.3 Å². The maximum atomic E-state index is 10.2. The fraction of sp³-hybridized carbons (Fsp3) is 0.909. The fourth-order valence-corrected chi connectivity index (χ4v) is 6.81. The number of aliphatic hydroxyl groups is 5. The molecule has 0 aromatic heterocycles. The van der Waals surface area contributed by atoms with Crippen molar-refractivity contribution in [2.45, 2.75) is 206 Å². The summed E-state index contributed by atoms with van der Waals surface area (Å²) < 4.78 is 33.0. The van der Waals surface area contributed by atoms with Crippen LogP contribution < -0.4 is 0 Å². The van der Waals surface area contributed by atoms with Crippen molar-refractivity contribution in [1.29, 1.82) is 0 Å². The molecule has 2 heterocycles. The van der Waals surface area contributed by atoms with Gasteiger partial charge in [-0.15, -0.1) is 0 Å². The topological polar surface area (TPSA) is 157 Å². The number of hydrogen-bond donors (Lipinski definition) is 5. The van der Waals surface area contributed by atoms with Crippen molar-refractivity contribution in [3.63, 3.8) is 0 Å². The lowest BCUT2D eigenvalue weighted by atomic mass is 9.99. The Morgan fingerprint density at radius 1 is 0.473 bits per heavy atom. The molecule has 0 amide bonds. The lowest BCUT2D eigenvalue weighted by molar-refractivity contribution is -0.0202. The number of hydrogen-bond acceptors (Lipinski definition) is 11. The summed E-state index contributed by atoms with van der Waals surface area (Å²) in [6.07, 6.45) is 19.2. The second kappa shape index (κ2) is 34.0. The predicted octanol–water partition coefficient (Wildman–Crippen LogP) is 6.98. The first kappa shape index (κ1) is 52.1. The predicted molar refractivity (Wildman–Crippen MR) is 219 cm³/mol. The largest absolute Gasteiger partial charge is 0.393 e. The van der Waals surface area contributed by atoms with Gasteiger partial charge in [0.15, 0.2) is 0 Å². The molecule has 5 N–H and O–H groups in total. The van der Waals surface area contributed by atoms with E-state index in [1.54, 1.807) is 0 Å². The van der Waals surface area contributed by atoms with Gasteiger partial charge in [-0.1, -0.05) is 83.8 Å². The van der Waals surface area contributed by atoms with Crippen LogP contribution in [0.4, 0.5) is 0 Å². The normalized spacial score (nSPS) is 22.5. The van der Waals surface area contributed by atoms with Crippen molar-refractivity contribution in [1.82, 2.24) is 0 Å². The van der Waals surface area contributed by atoms with E-state index >= 15 is 0 Å². The van der Waals surface area contributed by atoms with Crippen molar-refractivity contribution in [2.75, 3.05) is 52.9 Å². The molecule has 0 aliphatic carbocycles. The summed E-state index contributed by atoms with van der Waals surface area (Å²) >= 11 is 0. The van der Waals surface area contributed by atoms with E-state index in [0.717, 1.165) is 83.5 Å². The van der Waals surface area contributed by atoms with Crippen LogP contribution in [0.15, 0.2) is 23.3 Å². The molecule has 55 heavy (non-hydrogen) atoms. The first-order valence-corrected chi connectivity index (χ1v) is 21.9. The number of unbranched alkanes of at least 4 members (excludes halogenated alkanes) is 6. The van der Waals surface area contributed by atoms with E-state index in [2.05, 4.69) is 39.8 Å². The van der Waals surface area contributed by atoms with E-state index in [4.69, 9.17) is 28.4 Å². The van der Waals surface area contributed by atoms with Gasteiger partial charge in [-0.3, -0.25) is 0 Å². The summed E-state index contributed by atoms with van der Waals surface area (Å²) in [6, 6.07) is 0. The van der Waals surface area contributed by atoms with Gasteiger partial charge in [0.2, 0.25) is 0 Å². The van der Waals surface area contributed by atoms with Crippen LogP contribution >= 0.6 is 0 Å². The van der Waals surface area contributed by atoms with Crippen molar-refractivity contribution in [2.24, 2.45) is 0 Å². The zero-order valence-electron chi connectivity index (χ0n) is 35.7. The first-order chi connectivity index (χ1) is 26.4. The SMILES string of the molecule is CCCCC(O)COCCOCC(O)CCCCCCC1=C[C@H](C)O[C@@H]1C.CCCC[C@H](O)COCCOC[C@@H](O)CCCC[C@@H](O)CC1=C[C@H](C)O[C@@H]1C. The first-order valence-electron chi connectivity index (χ1n) is 21.9. The lowest BCUT2D eigenvalue weighted by Gasteiger charge is -2.15. The Labute approximate surface area is 335 Å². The van der Waals surface area contributed by atoms with Crippen molar-refractivity contribution < 1.29 is 54.0 Å². The van der Waals surface area contributed by atoms with Gasteiger partial charge in [0.25, 0.3) is 0 Å². The van der Waals surface area contributed by atoms with Crippen LogP contribution in [0.5, 0.6) is 0 Å². The van der Waals surface area contributed by atoms with E-state index in [-0.39, 0.29) is 36.6 Å². The molecule has 326 valence electrons. The van der Waals surface area contributed by atoms with Gasteiger partial charge in [-0.25, -0.2) is 0 Å². The minimum atomic E-state index is -0.487. The molecule has 2 unspecified atom stereocenters. The van der Waals surface area contributed by atoms with Gasteiger partial charge in [0.1, 0.15) is 0 Å². The molecule has 0 bridgehead atoms. The summed E-state index contributed by atoms with van der Waals surface area (Å²) in [4.78, 5) is 0. The zero-order valence-corrected chi connectivity index (χ0v) is 35.7. The molecule has 0 aromatic rings. The Bertz CT molecular complexity index is 947. The van der Waals surface area contributed by atoms with Crippen molar-refractivity contribution in [3.8, 4) is 0 Å². The molecule has 0 spiro atoms. The van der Waals surface area contributed by atoms with Crippen LogP contribution in [-0.2, 0) is 28.4 Å². The molecular weight excluding hydrogens is 704 g/mol. The molecular formula is C44H84O11. The average molecular weight is 789 g/mol. The highest BCUT2D eigenvalue weighted by Crippen LogP contribution is 2.25. The van der Waals surface area contributed by atoms with E-state index in [1.807, 2.05) is 13.8 Å². The highest BCUT2D eigenvalue weighted by atomic mass is 16.5. The summed E-state index contributed by atoms with van der Waals surface area (Å²) in [5, 5.41) is 49.4. The highest BCUT2D eigenvalue weighted by molar-refractivity contribution is 5.16. The fourth-order valence-electron chi connectivity index (χ4n) is 6.81. The van der Waals surface area contributed by atoms with E-state index < -0.39 is 18.3 Å². The zero-order chi connectivity index (χ0) is 40.7. The third-order valence-electron chi connectivity index (χ3n) is 10.1. The Kier molecular flexibility index (Phi) is 32.1. The van der Waals surface area contributed by atoms with Gasteiger partial charge < -0.3 is 54.0 Å². The Hall–Kier alpha value is -0.960. The van der Waals surface area contributed by atoms with Crippen LogP contribution in [0, 0.1) is 0 Å². The van der Waals surface area contributed by atoms with Crippen LogP contribution in [-0.4, -0.2) is 133 Å². The average Bonchev–Trinajstić information content (AvgIpc) is 3.65. The summed E-state index contributed by atoms with van der Waals surface area (Å²) in [5.41, 5.74) is 2.63. The van der Waals surface area contributed by atoms with Crippen LogP contribution in [0.1, 0.15) is 151 Å².